The van der Waals surface area contributed by atoms with Crippen LogP contribution in [0.15, 0.2) is 18.3 Å². The molecule has 0 saturated carbocycles. The Morgan fingerprint density at radius 2 is 2.31 bits per heavy atom. The molecule has 0 aliphatic carbocycles. The van der Waals surface area contributed by atoms with Crippen molar-refractivity contribution in [3.05, 3.63) is 23.9 Å². The highest BCUT2D eigenvalue weighted by Crippen LogP contribution is 2.16. The highest BCUT2D eigenvalue weighted by molar-refractivity contribution is 5.39. The molecule has 0 aliphatic rings. The summed E-state index contributed by atoms with van der Waals surface area (Å²) < 4.78 is 0. The van der Waals surface area contributed by atoms with E-state index in [1.165, 1.54) is 0 Å². The molecule has 4 nitrogen and oxygen atoms in total. The standard InChI is InChI=1S/C12H21N3O/c1-3-6-14-9-12(2,16)8-10-5-4-7-15-11(10)13/h4-5,7,14,16H,3,6,8-9H2,1-2H3,(H2,13,15). The molecule has 1 aromatic rings. The fraction of sp³-hybridized carbons (Fsp3) is 0.583. The van der Waals surface area contributed by atoms with Gasteiger partial charge >= 0.3 is 0 Å². The van der Waals surface area contributed by atoms with Gasteiger partial charge in [-0.2, -0.15) is 0 Å². The van der Waals surface area contributed by atoms with Crippen molar-refractivity contribution in [3.63, 3.8) is 0 Å². The minimum Gasteiger partial charge on any atom is -0.389 e. The maximum Gasteiger partial charge on any atom is 0.126 e. The molecule has 1 heterocycles. The Morgan fingerprint density at radius 1 is 1.56 bits per heavy atom. The van der Waals surface area contributed by atoms with Crippen molar-refractivity contribution in [1.82, 2.24) is 10.3 Å². The van der Waals surface area contributed by atoms with Crippen molar-refractivity contribution >= 4 is 5.82 Å². The first-order valence-corrected chi connectivity index (χ1v) is 5.67. The molecule has 1 atom stereocenters. The average Bonchev–Trinajstić information content (AvgIpc) is 2.21. The highest BCUT2D eigenvalue weighted by Gasteiger charge is 2.21. The first-order valence-electron chi connectivity index (χ1n) is 5.67. The number of pyridine rings is 1. The van der Waals surface area contributed by atoms with E-state index in [9.17, 15) is 5.11 Å². The molecular weight excluding hydrogens is 202 g/mol. The van der Waals surface area contributed by atoms with Gasteiger partial charge < -0.3 is 16.2 Å². The molecule has 1 unspecified atom stereocenters. The zero-order valence-electron chi connectivity index (χ0n) is 10.0. The lowest BCUT2D eigenvalue weighted by molar-refractivity contribution is 0.0604. The molecule has 90 valence electrons. The maximum absolute atomic E-state index is 10.2. The number of hydrogen-bond donors (Lipinski definition) is 3. The summed E-state index contributed by atoms with van der Waals surface area (Å²) in [6.45, 7) is 5.39. The van der Waals surface area contributed by atoms with Crippen LogP contribution in [-0.4, -0.2) is 28.8 Å². The summed E-state index contributed by atoms with van der Waals surface area (Å²) in [4.78, 5) is 4.01. The van der Waals surface area contributed by atoms with Crippen LogP contribution in [0.2, 0.25) is 0 Å². The molecule has 0 radical (unpaired) electrons. The average molecular weight is 223 g/mol. The van der Waals surface area contributed by atoms with Gasteiger partial charge in [-0.05, 0) is 31.5 Å². The Balaban J connectivity index is 2.55. The van der Waals surface area contributed by atoms with E-state index >= 15 is 0 Å². The van der Waals surface area contributed by atoms with Crippen LogP contribution in [-0.2, 0) is 6.42 Å². The van der Waals surface area contributed by atoms with Gasteiger partial charge in [0, 0.05) is 19.2 Å². The van der Waals surface area contributed by atoms with Gasteiger partial charge in [0.15, 0.2) is 0 Å². The predicted molar refractivity (Wildman–Crippen MR) is 66.1 cm³/mol. The summed E-state index contributed by atoms with van der Waals surface area (Å²) >= 11 is 0. The van der Waals surface area contributed by atoms with Crippen molar-refractivity contribution in [2.45, 2.75) is 32.3 Å². The van der Waals surface area contributed by atoms with E-state index in [1.807, 2.05) is 19.1 Å². The van der Waals surface area contributed by atoms with Gasteiger partial charge in [-0.1, -0.05) is 13.0 Å². The summed E-state index contributed by atoms with van der Waals surface area (Å²) in [5.74, 6) is 0.498. The van der Waals surface area contributed by atoms with E-state index in [2.05, 4.69) is 17.2 Å². The van der Waals surface area contributed by atoms with Crippen molar-refractivity contribution in [1.29, 1.82) is 0 Å². The van der Waals surface area contributed by atoms with Crippen LogP contribution in [0.1, 0.15) is 25.8 Å². The topological polar surface area (TPSA) is 71.2 Å². The minimum absolute atomic E-state index is 0.498. The number of anilines is 1. The molecule has 4 N–H and O–H groups in total. The lowest BCUT2D eigenvalue weighted by Crippen LogP contribution is -2.40. The van der Waals surface area contributed by atoms with Crippen molar-refractivity contribution in [2.75, 3.05) is 18.8 Å². The van der Waals surface area contributed by atoms with Crippen LogP contribution < -0.4 is 11.1 Å². The van der Waals surface area contributed by atoms with Gasteiger partial charge in [0.2, 0.25) is 0 Å². The molecule has 0 aliphatic heterocycles. The molecule has 0 bridgehead atoms. The predicted octanol–water partition coefficient (Wildman–Crippen LogP) is 0.957. The van der Waals surface area contributed by atoms with Crippen LogP contribution in [0.5, 0.6) is 0 Å². The van der Waals surface area contributed by atoms with Crippen LogP contribution >= 0.6 is 0 Å². The van der Waals surface area contributed by atoms with Gasteiger partial charge in [0.1, 0.15) is 5.82 Å². The third-order valence-electron chi connectivity index (χ3n) is 2.43. The molecule has 4 heteroatoms. The van der Waals surface area contributed by atoms with Crippen LogP contribution in [0.25, 0.3) is 0 Å². The summed E-state index contributed by atoms with van der Waals surface area (Å²) in [6, 6.07) is 3.73. The van der Waals surface area contributed by atoms with Gasteiger partial charge in [0.05, 0.1) is 5.60 Å². The molecule has 0 amide bonds. The zero-order valence-corrected chi connectivity index (χ0v) is 10.0. The van der Waals surface area contributed by atoms with Gasteiger partial charge in [0.25, 0.3) is 0 Å². The Morgan fingerprint density at radius 3 is 2.94 bits per heavy atom. The second kappa shape index (κ2) is 5.82. The molecule has 0 saturated heterocycles. The van der Waals surface area contributed by atoms with Gasteiger partial charge in [-0.3, -0.25) is 0 Å². The van der Waals surface area contributed by atoms with Crippen molar-refractivity contribution in [2.24, 2.45) is 0 Å². The molecule has 1 aromatic heterocycles. The highest BCUT2D eigenvalue weighted by atomic mass is 16.3. The Labute approximate surface area is 96.9 Å². The Hall–Kier alpha value is -1.13. The molecule has 16 heavy (non-hydrogen) atoms. The Bertz CT molecular complexity index is 326. The number of hydrogen-bond acceptors (Lipinski definition) is 4. The van der Waals surface area contributed by atoms with Crippen LogP contribution in [0.4, 0.5) is 5.82 Å². The molecular formula is C12H21N3O. The third kappa shape index (κ3) is 4.16. The van der Waals surface area contributed by atoms with E-state index in [4.69, 9.17) is 5.73 Å². The van der Waals surface area contributed by atoms with E-state index in [0.29, 0.717) is 18.8 Å². The first-order chi connectivity index (χ1) is 7.55. The van der Waals surface area contributed by atoms with Crippen LogP contribution in [0, 0.1) is 0 Å². The maximum atomic E-state index is 10.2. The molecule has 0 spiro atoms. The number of rotatable bonds is 6. The summed E-state index contributed by atoms with van der Waals surface area (Å²) in [6.07, 6.45) is 3.23. The monoisotopic (exact) mass is 223 g/mol. The number of aliphatic hydroxyl groups is 1. The number of nitrogens with zero attached hydrogens (tertiary/aromatic N) is 1. The van der Waals surface area contributed by atoms with Crippen molar-refractivity contribution < 1.29 is 5.11 Å². The second-order valence-corrected chi connectivity index (χ2v) is 4.40. The fourth-order valence-electron chi connectivity index (χ4n) is 1.61. The van der Waals surface area contributed by atoms with Gasteiger partial charge in [-0.15, -0.1) is 0 Å². The van der Waals surface area contributed by atoms with Crippen molar-refractivity contribution in [3.8, 4) is 0 Å². The SMILES string of the molecule is CCCNCC(C)(O)Cc1cccnc1N. The lowest BCUT2D eigenvalue weighted by Gasteiger charge is -2.24. The molecule has 0 fully saturated rings. The normalized spacial score (nSPS) is 14.7. The fourth-order valence-corrected chi connectivity index (χ4v) is 1.61. The molecule has 0 aromatic carbocycles. The zero-order chi connectivity index (χ0) is 12.0. The number of nitrogens with two attached hydrogens (primary N) is 1. The van der Waals surface area contributed by atoms with E-state index in [-0.39, 0.29) is 0 Å². The van der Waals surface area contributed by atoms with Crippen LogP contribution in [0.3, 0.4) is 0 Å². The van der Waals surface area contributed by atoms with E-state index in [1.54, 1.807) is 6.20 Å². The summed E-state index contributed by atoms with van der Waals surface area (Å²) in [5.41, 5.74) is 5.85. The Kier molecular flexibility index (Phi) is 4.71. The largest absolute Gasteiger partial charge is 0.389 e. The second-order valence-electron chi connectivity index (χ2n) is 4.40. The number of aromatic nitrogens is 1. The lowest BCUT2D eigenvalue weighted by atomic mass is 9.97. The number of nitrogen functional groups attached to an aromatic ring is 1. The quantitative estimate of drug-likeness (QED) is 0.628. The van der Waals surface area contributed by atoms with E-state index in [0.717, 1.165) is 18.5 Å². The smallest absolute Gasteiger partial charge is 0.126 e. The van der Waals surface area contributed by atoms with E-state index < -0.39 is 5.60 Å². The third-order valence-corrected chi connectivity index (χ3v) is 2.43. The minimum atomic E-state index is -0.785. The number of nitrogens with one attached hydrogen (secondary N) is 1. The molecule has 1 rings (SSSR count). The summed E-state index contributed by atoms with van der Waals surface area (Å²) in [7, 11) is 0. The van der Waals surface area contributed by atoms with Gasteiger partial charge in [-0.25, -0.2) is 4.98 Å². The first kappa shape index (κ1) is 12.9. The summed E-state index contributed by atoms with van der Waals surface area (Å²) in [5, 5.41) is 13.4.